The summed E-state index contributed by atoms with van der Waals surface area (Å²) in [5.41, 5.74) is -0.323. The average Bonchev–Trinajstić information content (AvgIpc) is 3.01. The molecule has 1 amide bonds. The number of hydrogen-bond donors (Lipinski definition) is 1. The van der Waals surface area contributed by atoms with Crippen LogP contribution in [0.25, 0.3) is 0 Å². The number of aryl methyl sites for hydroxylation is 1. The second-order valence-electron chi connectivity index (χ2n) is 6.43. The van der Waals surface area contributed by atoms with Crippen molar-refractivity contribution in [1.82, 2.24) is 9.62 Å². The first-order valence-electron chi connectivity index (χ1n) is 7.73. The number of ether oxygens (including phenoxy) is 1. The number of nitrogens with one attached hydrogen (secondary N) is 1. The van der Waals surface area contributed by atoms with E-state index in [1.807, 2.05) is 0 Å². The van der Waals surface area contributed by atoms with Gasteiger partial charge >= 0.3 is 0 Å². The number of nitrogens with zero attached hydrogens (tertiary/aromatic N) is 1. The van der Waals surface area contributed by atoms with Crippen molar-refractivity contribution in [3.05, 3.63) is 23.7 Å². The number of sulfonamides is 1. The van der Waals surface area contributed by atoms with E-state index in [1.54, 1.807) is 24.0 Å². The molecule has 1 aromatic heterocycles. The van der Waals surface area contributed by atoms with E-state index in [0.29, 0.717) is 37.8 Å². The van der Waals surface area contributed by atoms with Crippen LogP contribution in [0.5, 0.6) is 0 Å². The molecule has 0 saturated carbocycles. The molecular formula is C15H22N2O5S. The molecule has 0 aromatic carbocycles. The van der Waals surface area contributed by atoms with Gasteiger partial charge < -0.3 is 14.1 Å². The summed E-state index contributed by atoms with van der Waals surface area (Å²) in [5, 5.41) is 0. The van der Waals surface area contributed by atoms with E-state index >= 15 is 0 Å². The Balaban J connectivity index is 1.56. The summed E-state index contributed by atoms with van der Waals surface area (Å²) in [5.74, 6) is 1.21. The molecule has 2 aliphatic rings. The van der Waals surface area contributed by atoms with E-state index in [0.717, 1.165) is 19.1 Å². The maximum atomic E-state index is 12.3. The van der Waals surface area contributed by atoms with E-state index in [2.05, 4.69) is 4.72 Å². The van der Waals surface area contributed by atoms with Crippen molar-refractivity contribution in [3.63, 3.8) is 0 Å². The van der Waals surface area contributed by atoms with Gasteiger partial charge in [-0.2, -0.15) is 0 Å². The highest BCUT2D eigenvalue weighted by atomic mass is 32.2. The molecule has 7 nitrogen and oxygen atoms in total. The zero-order valence-corrected chi connectivity index (χ0v) is 14.2. The second-order valence-corrected chi connectivity index (χ2v) is 8.26. The lowest BCUT2D eigenvalue weighted by Crippen LogP contribution is -2.66. The van der Waals surface area contributed by atoms with Crippen LogP contribution in [0.2, 0.25) is 0 Å². The van der Waals surface area contributed by atoms with E-state index < -0.39 is 10.0 Å². The highest BCUT2D eigenvalue weighted by Crippen LogP contribution is 2.42. The lowest BCUT2D eigenvalue weighted by molar-refractivity contribution is -0.118. The Morgan fingerprint density at radius 3 is 2.78 bits per heavy atom. The zero-order chi connectivity index (χ0) is 16.7. The van der Waals surface area contributed by atoms with Gasteiger partial charge in [0.15, 0.2) is 5.76 Å². The number of carbonyl (C=O) groups is 1. The average molecular weight is 342 g/mol. The fourth-order valence-electron chi connectivity index (χ4n) is 3.41. The molecule has 1 atom stereocenters. The maximum absolute atomic E-state index is 12.3. The molecule has 3 heterocycles. The van der Waals surface area contributed by atoms with Gasteiger partial charge in [-0.05, 0) is 37.8 Å². The molecule has 0 aliphatic carbocycles. The van der Waals surface area contributed by atoms with Gasteiger partial charge in [0.05, 0.1) is 19.3 Å². The Bertz CT molecular complexity index is 690. The molecule has 1 spiro atoms. The molecule has 1 aromatic rings. The summed E-state index contributed by atoms with van der Waals surface area (Å²) < 4.78 is 36.1. The van der Waals surface area contributed by atoms with Crippen LogP contribution in [0.1, 0.15) is 29.2 Å². The Morgan fingerprint density at radius 1 is 1.43 bits per heavy atom. The molecule has 1 N–H and O–H groups in total. The zero-order valence-electron chi connectivity index (χ0n) is 13.4. The lowest BCUT2D eigenvalue weighted by Gasteiger charge is -2.50. The third-order valence-corrected chi connectivity index (χ3v) is 5.34. The smallest absolute Gasteiger partial charge is 0.289 e. The molecule has 8 heteroatoms. The molecular weight excluding hydrogens is 320 g/mol. The van der Waals surface area contributed by atoms with Crippen molar-refractivity contribution in [1.29, 1.82) is 0 Å². The van der Waals surface area contributed by atoms with Gasteiger partial charge in [0, 0.05) is 13.2 Å². The van der Waals surface area contributed by atoms with Crippen LogP contribution in [0.15, 0.2) is 16.5 Å². The highest BCUT2D eigenvalue weighted by Gasteiger charge is 2.54. The molecule has 128 valence electrons. The minimum absolute atomic E-state index is 0.118. The first kappa shape index (κ1) is 16.5. The molecule has 23 heavy (non-hydrogen) atoms. The van der Waals surface area contributed by atoms with Crippen molar-refractivity contribution >= 4 is 15.9 Å². The topological polar surface area (TPSA) is 88.9 Å². The van der Waals surface area contributed by atoms with E-state index in [-0.39, 0.29) is 17.4 Å². The lowest BCUT2D eigenvalue weighted by atomic mass is 9.79. The van der Waals surface area contributed by atoms with Crippen molar-refractivity contribution in [2.24, 2.45) is 5.92 Å². The quantitative estimate of drug-likeness (QED) is 0.853. The number of hydrogen-bond acceptors (Lipinski definition) is 5. The van der Waals surface area contributed by atoms with Crippen LogP contribution in [-0.2, 0) is 14.8 Å². The minimum Gasteiger partial charge on any atom is -0.456 e. The Hall–Kier alpha value is -1.38. The molecule has 2 saturated heterocycles. The fraction of sp³-hybridized carbons (Fsp3) is 0.667. The van der Waals surface area contributed by atoms with Crippen molar-refractivity contribution in [3.8, 4) is 0 Å². The summed E-state index contributed by atoms with van der Waals surface area (Å²) in [4.78, 5) is 14.0. The van der Waals surface area contributed by atoms with Gasteiger partial charge in [-0.3, -0.25) is 4.79 Å². The standard InChI is InChI=1S/C15H22N2O5S/c1-11-3-4-13(22-11)14(18)17-9-15(10-17)12(6-8-21-15)5-7-16-23(2,19)20/h3-4,12,16H,5-10H2,1-2H3. The maximum Gasteiger partial charge on any atom is 0.289 e. The molecule has 2 fully saturated rings. The molecule has 2 aliphatic heterocycles. The molecule has 3 rings (SSSR count). The molecule has 0 radical (unpaired) electrons. The van der Waals surface area contributed by atoms with Gasteiger partial charge in [-0.1, -0.05) is 0 Å². The van der Waals surface area contributed by atoms with Gasteiger partial charge in [-0.15, -0.1) is 0 Å². The number of likely N-dealkylation sites (tertiary alicyclic amines) is 1. The van der Waals surface area contributed by atoms with Gasteiger partial charge in [0.2, 0.25) is 10.0 Å². The van der Waals surface area contributed by atoms with Crippen LogP contribution in [-0.4, -0.2) is 57.3 Å². The van der Waals surface area contributed by atoms with Crippen molar-refractivity contribution < 1.29 is 22.4 Å². The Labute approximate surface area is 136 Å². The first-order valence-corrected chi connectivity index (χ1v) is 9.62. The third-order valence-electron chi connectivity index (χ3n) is 4.61. The Kier molecular flexibility index (Phi) is 4.24. The molecule has 0 bridgehead atoms. The number of furan rings is 1. The molecule has 1 unspecified atom stereocenters. The van der Waals surface area contributed by atoms with E-state index in [4.69, 9.17) is 9.15 Å². The minimum atomic E-state index is -3.17. The summed E-state index contributed by atoms with van der Waals surface area (Å²) >= 11 is 0. The second kappa shape index (κ2) is 5.92. The van der Waals surface area contributed by atoms with Crippen LogP contribution in [0, 0.1) is 12.8 Å². The van der Waals surface area contributed by atoms with Crippen LogP contribution >= 0.6 is 0 Å². The summed E-state index contributed by atoms with van der Waals surface area (Å²) in [7, 11) is -3.17. The van der Waals surface area contributed by atoms with Crippen molar-refractivity contribution in [2.75, 3.05) is 32.5 Å². The van der Waals surface area contributed by atoms with Gasteiger partial charge in [0.1, 0.15) is 11.4 Å². The van der Waals surface area contributed by atoms with Gasteiger partial charge in [-0.25, -0.2) is 13.1 Å². The Morgan fingerprint density at radius 2 is 2.17 bits per heavy atom. The SMILES string of the molecule is Cc1ccc(C(=O)N2CC3(C2)OCCC3CCNS(C)(=O)=O)o1. The monoisotopic (exact) mass is 342 g/mol. The number of rotatable bonds is 5. The van der Waals surface area contributed by atoms with E-state index in [1.165, 1.54) is 0 Å². The van der Waals surface area contributed by atoms with E-state index in [9.17, 15) is 13.2 Å². The normalized spacial score (nSPS) is 23.2. The number of carbonyl (C=O) groups excluding carboxylic acids is 1. The predicted octanol–water partition coefficient (Wildman–Crippen LogP) is 0.758. The third kappa shape index (κ3) is 3.44. The summed E-state index contributed by atoms with van der Waals surface area (Å²) in [6.07, 6.45) is 2.77. The summed E-state index contributed by atoms with van der Waals surface area (Å²) in [6.45, 7) is 3.94. The van der Waals surface area contributed by atoms with Crippen LogP contribution in [0.4, 0.5) is 0 Å². The predicted molar refractivity (Wildman–Crippen MR) is 83.6 cm³/mol. The van der Waals surface area contributed by atoms with Crippen molar-refractivity contribution in [2.45, 2.75) is 25.4 Å². The fourth-order valence-corrected chi connectivity index (χ4v) is 3.90. The van der Waals surface area contributed by atoms with Crippen LogP contribution in [0.3, 0.4) is 0 Å². The van der Waals surface area contributed by atoms with Crippen LogP contribution < -0.4 is 4.72 Å². The largest absolute Gasteiger partial charge is 0.456 e. The number of amides is 1. The summed E-state index contributed by atoms with van der Waals surface area (Å²) in [6, 6.07) is 3.46. The highest BCUT2D eigenvalue weighted by molar-refractivity contribution is 7.88. The van der Waals surface area contributed by atoms with Gasteiger partial charge in [0.25, 0.3) is 5.91 Å². The first-order chi connectivity index (χ1) is 10.8.